The molecule has 7 heteroatoms. The van der Waals surface area contributed by atoms with Crippen molar-refractivity contribution in [2.45, 2.75) is 20.4 Å². The number of nitrogens with one attached hydrogen (secondary N) is 1. The van der Waals surface area contributed by atoms with E-state index in [1.807, 2.05) is 0 Å². The first-order valence-electron chi connectivity index (χ1n) is 7.37. The molecule has 24 heavy (non-hydrogen) atoms. The van der Waals surface area contributed by atoms with Gasteiger partial charge in [-0.2, -0.15) is 0 Å². The van der Waals surface area contributed by atoms with Crippen LogP contribution in [0.1, 0.15) is 27.4 Å². The minimum atomic E-state index is -0.235. The van der Waals surface area contributed by atoms with Gasteiger partial charge in [-0.1, -0.05) is 0 Å². The minimum Gasteiger partial charge on any atom is -0.493 e. The maximum Gasteiger partial charge on any atom is 0.254 e. The van der Waals surface area contributed by atoms with Crippen molar-refractivity contribution in [2.24, 2.45) is 0 Å². The fourth-order valence-electron chi connectivity index (χ4n) is 2.32. The van der Waals surface area contributed by atoms with Gasteiger partial charge in [-0.25, -0.2) is 9.97 Å². The first-order valence-corrected chi connectivity index (χ1v) is 7.37. The molecule has 0 aliphatic heterocycles. The van der Waals surface area contributed by atoms with Crippen LogP contribution in [0.2, 0.25) is 0 Å². The summed E-state index contributed by atoms with van der Waals surface area (Å²) in [6.45, 7) is 3.87. The zero-order chi connectivity index (χ0) is 17.7. The van der Waals surface area contributed by atoms with Crippen molar-refractivity contribution in [1.82, 2.24) is 15.3 Å². The number of benzene rings is 1. The van der Waals surface area contributed by atoms with E-state index in [1.54, 1.807) is 47.3 Å². The largest absolute Gasteiger partial charge is 0.493 e. The predicted octanol–water partition coefficient (Wildman–Crippen LogP) is 2.05. The number of hydrogen-bond acceptors (Lipinski definition) is 6. The number of nitrogens with zero attached hydrogens (tertiary/aromatic N) is 2. The Morgan fingerprint density at radius 2 is 1.71 bits per heavy atom. The van der Waals surface area contributed by atoms with Crippen LogP contribution in [0.25, 0.3) is 0 Å². The molecular formula is C17H21N3O4. The first kappa shape index (κ1) is 17.5. The van der Waals surface area contributed by atoms with Gasteiger partial charge in [0.05, 0.1) is 32.6 Å². The van der Waals surface area contributed by atoms with E-state index < -0.39 is 0 Å². The second-order valence-corrected chi connectivity index (χ2v) is 5.13. The SMILES string of the molecule is COc1cc(CNC(=O)c2cnc(C)nc2C)cc(OC)c1OC. The molecule has 1 amide bonds. The Morgan fingerprint density at radius 1 is 1.08 bits per heavy atom. The van der Waals surface area contributed by atoms with Crippen molar-refractivity contribution in [3.05, 3.63) is 41.0 Å². The molecule has 2 rings (SSSR count). The number of carbonyl (C=O) groups excluding carboxylic acids is 1. The predicted molar refractivity (Wildman–Crippen MR) is 88.8 cm³/mol. The molecule has 0 atom stereocenters. The van der Waals surface area contributed by atoms with Crippen LogP contribution in [-0.2, 0) is 6.54 Å². The molecule has 0 saturated carbocycles. The number of methoxy groups -OCH3 is 3. The maximum atomic E-state index is 12.3. The Hall–Kier alpha value is -2.83. The van der Waals surface area contributed by atoms with Gasteiger partial charge >= 0.3 is 0 Å². The van der Waals surface area contributed by atoms with E-state index >= 15 is 0 Å². The summed E-state index contributed by atoms with van der Waals surface area (Å²) >= 11 is 0. The van der Waals surface area contributed by atoms with Crippen LogP contribution in [0.5, 0.6) is 17.2 Å². The summed E-state index contributed by atoms with van der Waals surface area (Å²) in [5.74, 6) is 1.99. The lowest BCUT2D eigenvalue weighted by Gasteiger charge is -2.14. The Kier molecular flexibility index (Phi) is 5.57. The zero-order valence-electron chi connectivity index (χ0n) is 14.5. The molecule has 0 spiro atoms. The van der Waals surface area contributed by atoms with Crippen molar-refractivity contribution in [3.8, 4) is 17.2 Å². The second-order valence-electron chi connectivity index (χ2n) is 5.13. The summed E-state index contributed by atoms with van der Waals surface area (Å²) < 4.78 is 15.9. The van der Waals surface area contributed by atoms with Gasteiger partial charge in [0.1, 0.15) is 5.82 Å². The van der Waals surface area contributed by atoms with Crippen LogP contribution >= 0.6 is 0 Å². The van der Waals surface area contributed by atoms with Crippen LogP contribution in [0.4, 0.5) is 0 Å². The molecule has 7 nitrogen and oxygen atoms in total. The van der Waals surface area contributed by atoms with Crippen LogP contribution < -0.4 is 19.5 Å². The molecule has 0 fully saturated rings. The van der Waals surface area contributed by atoms with Gasteiger partial charge in [0, 0.05) is 12.7 Å². The third kappa shape index (κ3) is 3.73. The molecule has 1 N–H and O–H groups in total. The van der Waals surface area contributed by atoms with Crippen molar-refractivity contribution in [1.29, 1.82) is 0 Å². The number of aryl methyl sites for hydroxylation is 2. The van der Waals surface area contributed by atoms with Gasteiger partial charge in [0.2, 0.25) is 5.75 Å². The van der Waals surface area contributed by atoms with E-state index in [-0.39, 0.29) is 5.91 Å². The fraction of sp³-hybridized carbons (Fsp3) is 0.353. The Labute approximate surface area is 141 Å². The molecule has 1 aromatic carbocycles. The molecule has 0 saturated heterocycles. The standard InChI is InChI=1S/C17H21N3O4/c1-10-13(9-18-11(2)20-10)17(21)19-8-12-6-14(22-3)16(24-5)15(7-12)23-4/h6-7,9H,8H2,1-5H3,(H,19,21). The van der Waals surface area contributed by atoms with Gasteiger partial charge in [0.25, 0.3) is 5.91 Å². The van der Waals surface area contributed by atoms with Crippen molar-refractivity contribution in [3.63, 3.8) is 0 Å². The van der Waals surface area contributed by atoms with Crippen molar-refractivity contribution < 1.29 is 19.0 Å². The number of rotatable bonds is 6. The first-order chi connectivity index (χ1) is 11.5. The Balaban J connectivity index is 2.18. The van der Waals surface area contributed by atoms with Crippen molar-refractivity contribution >= 4 is 5.91 Å². The summed E-state index contributed by atoms with van der Waals surface area (Å²) in [6, 6.07) is 3.58. The number of amides is 1. The van der Waals surface area contributed by atoms with Gasteiger partial charge in [-0.15, -0.1) is 0 Å². The third-order valence-corrected chi connectivity index (χ3v) is 3.52. The fourth-order valence-corrected chi connectivity index (χ4v) is 2.32. The molecule has 0 bridgehead atoms. The summed E-state index contributed by atoms with van der Waals surface area (Å²) in [4.78, 5) is 20.6. The molecule has 0 radical (unpaired) electrons. The summed E-state index contributed by atoms with van der Waals surface area (Å²) in [6.07, 6.45) is 1.53. The Bertz CT molecular complexity index is 722. The van der Waals surface area contributed by atoms with Gasteiger partial charge in [-0.3, -0.25) is 4.79 Å². The molecule has 1 heterocycles. The lowest BCUT2D eigenvalue weighted by Crippen LogP contribution is -2.24. The highest BCUT2D eigenvalue weighted by Gasteiger charge is 2.15. The lowest BCUT2D eigenvalue weighted by atomic mass is 10.1. The monoisotopic (exact) mass is 331 g/mol. The third-order valence-electron chi connectivity index (χ3n) is 3.52. The highest BCUT2D eigenvalue weighted by atomic mass is 16.5. The zero-order valence-corrected chi connectivity index (χ0v) is 14.5. The smallest absolute Gasteiger partial charge is 0.254 e. The van der Waals surface area contributed by atoms with Crippen LogP contribution in [0.3, 0.4) is 0 Å². The minimum absolute atomic E-state index is 0.235. The van der Waals surface area contributed by atoms with E-state index in [9.17, 15) is 4.79 Å². The number of aromatic nitrogens is 2. The average Bonchev–Trinajstić information content (AvgIpc) is 2.58. The van der Waals surface area contributed by atoms with Crippen LogP contribution in [0.15, 0.2) is 18.3 Å². The molecule has 0 unspecified atom stereocenters. The molecule has 0 aliphatic rings. The lowest BCUT2D eigenvalue weighted by molar-refractivity contribution is 0.0949. The molecule has 0 aliphatic carbocycles. The topological polar surface area (TPSA) is 82.6 Å². The highest BCUT2D eigenvalue weighted by molar-refractivity contribution is 5.94. The molecule has 1 aromatic heterocycles. The summed E-state index contributed by atoms with van der Waals surface area (Å²) in [5, 5.41) is 2.84. The van der Waals surface area contributed by atoms with Gasteiger partial charge < -0.3 is 19.5 Å². The maximum absolute atomic E-state index is 12.3. The molecule has 128 valence electrons. The van der Waals surface area contributed by atoms with E-state index in [0.29, 0.717) is 40.9 Å². The number of hydrogen-bond donors (Lipinski definition) is 1. The normalized spacial score (nSPS) is 10.2. The van der Waals surface area contributed by atoms with Crippen molar-refractivity contribution in [2.75, 3.05) is 21.3 Å². The van der Waals surface area contributed by atoms with Gasteiger partial charge in [-0.05, 0) is 31.5 Å². The second kappa shape index (κ2) is 7.63. The number of carbonyl (C=O) groups is 1. The molecular weight excluding hydrogens is 310 g/mol. The van der Waals surface area contributed by atoms with E-state index in [0.717, 1.165) is 5.56 Å². The average molecular weight is 331 g/mol. The van der Waals surface area contributed by atoms with E-state index in [4.69, 9.17) is 14.2 Å². The summed E-state index contributed by atoms with van der Waals surface area (Å²) in [7, 11) is 4.64. The highest BCUT2D eigenvalue weighted by Crippen LogP contribution is 2.38. The van der Waals surface area contributed by atoms with E-state index in [1.165, 1.54) is 6.20 Å². The van der Waals surface area contributed by atoms with E-state index in [2.05, 4.69) is 15.3 Å². The molecule has 2 aromatic rings. The Morgan fingerprint density at radius 3 is 2.21 bits per heavy atom. The van der Waals surface area contributed by atoms with Gasteiger partial charge in [0.15, 0.2) is 11.5 Å². The van der Waals surface area contributed by atoms with Crippen LogP contribution in [-0.4, -0.2) is 37.2 Å². The summed E-state index contributed by atoms with van der Waals surface area (Å²) in [5.41, 5.74) is 1.92. The van der Waals surface area contributed by atoms with Crippen LogP contribution in [0, 0.1) is 13.8 Å². The number of ether oxygens (including phenoxy) is 3. The quantitative estimate of drug-likeness (QED) is 0.872.